The van der Waals surface area contributed by atoms with Crippen LogP contribution in [0.4, 0.5) is 11.4 Å². The lowest BCUT2D eigenvalue weighted by Crippen LogP contribution is -2.27. The number of nitrogens with zero attached hydrogens (tertiary/aromatic N) is 1. The molecule has 0 saturated carbocycles. The lowest BCUT2D eigenvalue weighted by atomic mass is 9.69. The van der Waals surface area contributed by atoms with Crippen molar-refractivity contribution in [1.82, 2.24) is 0 Å². The smallest absolute Gasteiger partial charge is 0.177 e. The van der Waals surface area contributed by atoms with Crippen LogP contribution in [-0.2, 0) is 5.41 Å². The number of rotatable bonds is 6. The predicted octanol–water partition coefficient (Wildman–Crippen LogP) is 15.5. The highest BCUT2D eigenvalue weighted by Gasteiger charge is 2.53. The maximum Gasteiger partial charge on any atom is 0.177 e. The molecule has 1 aliphatic heterocycles. The van der Waals surface area contributed by atoms with Gasteiger partial charge in [0.1, 0.15) is 0 Å². The average molecular weight is 786 g/mol. The second-order valence-electron chi connectivity index (χ2n) is 16.8. The first-order valence-corrected chi connectivity index (χ1v) is 21.5. The van der Waals surface area contributed by atoms with Crippen molar-refractivity contribution in [3.8, 4) is 45.3 Å². The van der Waals surface area contributed by atoms with Gasteiger partial charge in [0.2, 0.25) is 0 Å². The van der Waals surface area contributed by atoms with Crippen molar-refractivity contribution in [2.24, 2.45) is 0 Å². The van der Waals surface area contributed by atoms with Crippen molar-refractivity contribution >= 4 is 22.5 Å². The van der Waals surface area contributed by atoms with Crippen LogP contribution in [0.3, 0.4) is 0 Å². The highest BCUT2D eigenvalue weighted by Crippen LogP contribution is 2.66. The minimum atomic E-state index is -0.406. The Balaban J connectivity index is 0.968. The van der Waals surface area contributed by atoms with Gasteiger partial charge in [-0.15, -0.1) is 0 Å². The second-order valence-corrected chi connectivity index (χ2v) is 16.8. The average Bonchev–Trinajstić information content (AvgIpc) is 3.79. The summed E-state index contributed by atoms with van der Waals surface area (Å²) >= 11 is 0. The fraction of sp³-hybridized carbons (Fsp3) is 0.103. The van der Waals surface area contributed by atoms with Crippen molar-refractivity contribution in [3.63, 3.8) is 0 Å². The van der Waals surface area contributed by atoms with Crippen LogP contribution in [-0.4, -0.2) is 0 Å². The maximum atomic E-state index is 7.13. The first kappa shape index (κ1) is 35.6. The number of benzene rings is 7. The first-order chi connectivity index (χ1) is 30.1. The van der Waals surface area contributed by atoms with Crippen molar-refractivity contribution in [3.05, 3.63) is 239 Å². The van der Waals surface area contributed by atoms with Crippen molar-refractivity contribution in [1.29, 1.82) is 0 Å². The van der Waals surface area contributed by atoms with Gasteiger partial charge in [-0.1, -0.05) is 146 Å². The molecule has 7 aromatic rings. The second kappa shape index (κ2) is 13.9. The van der Waals surface area contributed by atoms with E-state index in [4.69, 9.17) is 9.47 Å². The van der Waals surface area contributed by atoms with Crippen LogP contribution in [0.1, 0.15) is 60.4 Å². The molecular formula is C58H43NO2. The van der Waals surface area contributed by atoms with E-state index in [-0.39, 0.29) is 0 Å². The summed E-state index contributed by atoms with van der Waals surface area (Å²) in [7, 11) is 0. The van der Waals surface area contributed by atoms with Gasteiger partial charge in [0.25, 0.3) is 0 Å². The van der Waals surface area contributed by atoms with Crippen molar-refractivity contribution < 1.29 is 9.47 Å². The molecule has 4 aliphatic carbocycles. The molecule has 0 N–H and O–H groups in total. The summed E-state index contributed by atoms with van der Waals surface area (Å²) in [4.78, 5) is 2.44. The largest absolute Gasteiger partial charge is 0.449 e. The summed E-state index contributed by atoms with van der Waals surface area (Å²) in [5, 5.41) is 0. The molecular weight excluding hydrogens is 743 g/mol. The molecule has 61 heavy (non-hydrogen) atoms. The normalized spacial score (nSPS) is 16.0. The number of ether oxygens (including phenoxy) is 2. The van der Waals surface area contributed by atoms with E-state index in [2.05, 4.69) is 200 Å². The number of anilines is 2. The fourth-order valence-corrected chi connectivity index (χ4v) is 10.7. The molecule has 0 amide bonds. The molecule has 12 rings (SSSR count). The Morgan fingerprint density at radius 1 is 0.574 bits per heavy atom. The number of hydrogen-bond acceptors (Lipinski definition) is 3. The van der Waals surface area contributed by atoms with Gasteiger partial charge in [-0.2, -0.15) is 0 Å². The zero-order valence-corrected chi connectivity index (χ0v) is 34.1. The molecule has 3 nitrogen and oxygen atoms in total. The summed E-state index contributed by atoms with van der Waals surface area (Å²) in [6.07, 6.45) is 10.9. The van der Waals surface area contributed by atoms with Crippen molar-refractivity contribution in [2.75, 3.05) is 4.90 Å². The predicted molar refractivity (Wildman–Crippen MR) is 250 cm³/mol. The van der Waals surface area contributed by atoms with Gasteiger partial charge < -0.3 is 14.4 Å². The minimum absolute atomic E-state index is 0.406. The summed E-state index contributed by atoms with van der Waals surface area (Å²) in [5.74, 6) is 3.02. The van der Waals surface area contributed by atoms with Crippen LogP contribution < -0.4 is 14.4 Å². The van der Waals surface area contributed by atoms with Gasteiger partial charge in [0.15, 0.2) is 23.0 Å². The Hall–Kier alpha value is -7.36. The fourth-order valence-electron chi connectivity index (χ4n) is 10.7. The third-order valence-electron chi connectivity index (χ3n) is 13.3. The minimum Gasteiger partial charge on any atom is -0.449 e. The standard InChI is InChI=1S/C58H43NO2/c1-37(2)39-28-31-52(47(35-39)38-16-5-3-6-17-38)59(42-19-7-4-8-20-42)43-21-15-18-40(34-43)41-29-32-53-55(36-41)61-57-54(60-53)33-30-51-56(57)46-24-11-14-27-50(46)58(51)48-25-12-9-22-44(48)45-23-10-13-26-49(45)58/h3-10,12-23,25-27,29-30,32-36H,1,11,24,28,31H2,2H3. The van der Waals surface area contributed by atoms with Gasteiger partial charge in [-0.05, 0) is 142 Å². The summed E-state index contributed by atoms with van der Waals surface area (Å²) < 4.78 is 13.9. The van der Waals surface area contributed by atoms with Gasteiger partial charge in [0.05, 0.1) is 5.41 Å². The number of hydrogen-bond donors (Lipinski definition) is 0. The van der Waals surface area contributed by atoms with E-state index in [9.17, 15) is 0 Å². The zero-order valence-electron chi connectivity index (χ0n) is 34.1. The van der Waals surface area contributed by atoms with E-state index in [0.29, 0.717) is 0 Å². The highest BCUT2D eigenvalue weighted by atomic mass is 16.6. The number of para-hydroxylation sites is 1. The molecule has 7 aromatic carbocycles. The Morgan fingerprint density at radius 2 is 1.25 bits per heavy atom. The van der Waals surface area contributed by atoms with E-state index < -0.39 is 5.41 Å². The summed E-state index contributed by atoms with van der Waals surface area (Å²) in [6, 6.07) is 59.1. The molecule has 0 unspecified atom stereocenters. The molecule has 0 radical (unpaired) electrons. The third-order valence-corrected chi connectivity index (χ3v) is 13.3. The molecule has 0 fully saturated rings. The lowest BCUT2D eigenvalue weighted by molar-refractivity contribution is 0.358. The van der Waals surface area contributed by atoms with Gasteiger partial charge >= 0.3 is 0 Å². The van der Waals surface area contributed by atoms with Gasteiger partial charge in [0, 0.05) is 28.2 Å². The van der Waals surface area contributed by atoms with Crippen molar-refractivity contribution in [2.45, 2.75) is 38.0 Å². The van der Waals surface area contributed by atoms with Crippen LogP contribution in [0.15, 0.2) is 211 Å². The van der Waals surface area contributed by atoms with E-state index in [1.54, 1.807) is 0 Å². The Morgan fingerprint density at radius 3 is 2.02 bits per heavy atom. The molecule has 292 valence electrons. The number of allylic oxidation sites excluding steroid dienone is 9. The van der Waals surface area contributed by atoms with E-state index in [1.165, 1.54) is 66.9 Å². The first-order valence-electron chi connectivity index (χ1n) is 21.5. The van der Waals surface area contributed by atoms with Gasteiger partial charge in [-0.3, -0.25) is 0 Å². The van der Waals surface area contributed by atoms with E-state index >= 15 is 0 Å². The lowest BCUT2D eigenvalue weighted by Gasteiger charge is -2.33. The quantitative estimate of drug-likeness (QED) is 0.168. The highest BCUT2D eigenvalue weighted by molar-refractivity contribution is 5.98. The monoisotopic (exact) mass is 785 g/mol. The van der Waals surface area contributed by atoms with Crippen LogP contribution >= 0.6 is 0 Å². The van der Waals surface area contributed by atoms with Crippen LogP contribution in [0, 0.1) is 0 Å². The molecule has 3 heteroatoms. The Labute approximate surface area is 357 Å². The molecule has 5 aliphatic rings. The third kappa shape index (κ3) is 5.36. The Kier molecular flexibility index (Phi) is 8.08. The molecule has 0 atom stereocenters. The SMILES string of the molecule is C=C(C)C1=CC(c2ccccc2)=C(N(c2ccccc2)c2cccc(-c3ccc4c(c3)Oc3c(ccc5c3C3=C(C=CCC3)C53c5ccccc5-c5ccccc53)O4)c2)CC1. The maximum absolute atomic E-state index is 7.13. The number of fused-ring (bicyclic) bond motifs is 12. The Bertz CT molecular complexity index is 3060. The van der Waals surface area contributed by atoms with Crippen LogP contribution in [0.5, 0.6) is 23.0 Å². The molecule has 0 aromatic heterocycles. The summed E-state index contributed by atoms with van der Waals surface area (Å²) in [6.45, 7) is 6.44. The molecule has 0 saturated heterocycles. The van der Waals surface area contributed by atoms with Gasteiger partial charge in [-0.25, -0.2) is 0 Å². The van der Waals surface area contributed by atoms with E-state index in [1.807, 2.05) is 0 Å². The van der Waals surface area contributed by atoms with E-state index in [0.717, 1.165) is 76.8 Å². The zero-order chi connectivity index (χ0) is 40.7. The summed E-state index contributed by atoms with van der Waals surface area (Å²) in [5.41, 5.74) is 20.5. The van der Waals surface area contributed by atoms with Crippen LogP contribution in [0.25, 0.3) is 33.4 Å². The molecule has 1 spiro atoms. The molecule has 1 heterocycles. The molecule has 0 bridgehead atoms. The topological polar surface area (TPSA) is 21.7 Å². The van der Waals surface area contributed by atoms with Crippen LogP contribution in [0.2, 0.25) is 0 Å².